The van der Waals surface area contributed by atoms with Crippen LogP contribution in [-0.2, 0) is 9.53 Å². The van der Waals surface area contributed by atoms with Gasteiger partial charge in [-0.05, 0) is 42.1 Å². The lowest BCUT2D eigenvalue weighted by atomic mass is 10.2. The average molecular weight is 407 g/mol. The van der Waals surface area contributed by atoms with Crippen LogP contribution < -0.4 is 10.1 Å². The Labute approximate surface area is 165 Å². The van der Waals surface area contributed by atoms with Gasteiger partial charge in [0.15, 0.2) is 0 Å². The molecule has 1 aromatic carbocycles. The maximum Gasteiger partial charge on any atom is 0.354 e. The van der Waals surface area contributed by atoms with Crippen molar-refractivity contribution in [3.63, 3.8) is 0 Å². The molecule has 1 N–H and O–H groups in total. The third kappa shape index (κ3) is 3.65. The molecule has 0 radical (unpaired) electrons. The zero-order valence-electron chi connectivity index (χ0n) is 15.1. The minimum Gasteiger partial charge on any atom is -0.495 e. The lowest BCUT2D eigenvalue weighted by molar-refractivity contribution is -0.119. The van der Waals surface area contributed by atoms with E-state index in [1.807, 2.05) is 18.4 Å². The van der Waals surface area contributed by atoms with Crippen molar-refractivity contribution >= 4 is 50.7 Å². The second-order valence-electron chi connectivity index (χ2n) is 5.83. The predicted molar refractivity (Wildman–Crippen MR) is 107 cm³/mol. The number of anilines is 1. The molecular formula is C19H19ClN2O4S. The number of fused-ring (bicyclic) bond motifs is 1. The molecule has 2 heterocycles. The molecule has 0 aliphatic heterocycles. The summed E-state index contributed by atoms with van der Waals surface area (Å²) < 4.78 is 11.9. The van der Waals surface area contributed by atoms with E-state index in [0.29, 0.717) is 28.6 Å². The molecule has 8 heteroatoms. The van der Waals surface area contributed by atoms with Gasteiger partial charge in [0.25, 0.3) is 0 Å². The summed E-state index contributed by atoms with van der Waals surface area (Å²) >= 11 is 7.52. The molecule has 1 unspecified atom stereocenters. The van der Waals surface area contributed by atoms with Gasteiger partial charge in [-0.1, -0.05) is 18.5 Å². The third-order valence-electron chi connectivity index (χ3n) is 4.26. The monoisotopic (exact) mass is 406 g/mol. The van der Waals surface area contributed by atoms with E-state index >= 15 is 0 Å². The number of carbonyl (C=O) groups excluding carboxylic acids is 2. The highest BCUT2D eigenvalue weighted by atomic mass is 35.5. The Kier molecular flexibility index (Phi) is 5.72. The first-order valence-electron chi connectivity index (χ1n) is 8.31. The van der Waals surface area contributed by atoms with E-state index in [9.17, 15) is 9.59 Å². The first kappa shape index (κ1) is 19.3. The van der Waals surface area contributed by atoms with E-state index in [2.05, 4.69) is 5.32 Å². The number of thiophene rings is 1. The van der Waals surface area contributed by atoms with E-state index in [1.54, 1.807) is 28.8 Å². The number of benzene rings is 1. The summed E-state index contributed by atoms with van der Waals surface area (Å²) in [5, 5.41) is 6.17. The van der Waals surface area contributed by atoms with Gasteiger partial charge < -0.3 is 19.4 Å². The molecule has 1 atom stereocenters. The molecule has 6 nitrogen and oxygen atoms in total. The van der Waals surface area contributed by atoms with Gasteiger partial charge in [0.05, 0.1) is 19.9 Å². The first-order chi connectivity index (χ1) is 13.0. The summed E-state index contributed by atoms with van der Waals surface area (Å²) in [6.45, 7) is 1.89. The molecule has 0 saturated heterocycles. The Morgan fingerprint density at radius 3 is 2.70 bits per heavy atom. The number of esters is 1. The molecule has 1 amide bonds. The molecule has 27 heavy (non-hydrogen) atoms. The highest BCUT2D eigenvalue weighted by Crippen LogP contribution is 2.33. The number of halogens is 1. The second kappa shape index (κ2) is 8.02. The predicted octanol–water partition coefficient (Wildman–Crippen LogP) is 4.74. The number of aromatic nitrogens is 1. The molecule has 2 aromatic heterocycles. The van der Waals surface area contributed by atoms with Crippen LogP contribution in [0.5, 0.6) is 5.75 Å². The number of nitrogens with one attached hydrogen (secondary N) is 1. The lowest BCUT2D eigenvalue weighted by Crippen LogP contribution is -2.28. The smallest absolute Gasteiger partial charge is 0.354 e. The minimum absolute atomic E-state index is 0.269. The van der Waals surface area contributed by atoms with E-state index in [4.69, 9.17) is 21.1 Å². The fourth-order valence-electron chi connectivity index (χ4n) is 2.99. The van der Waals surface area contributed by atoms with E-state index in [-0.39, 0.29) is 5.91 Å². The Balaban J connectivity index is 2.01. The summed E-state index contributed by atoms with van der Waals surface area (Å²) in [5.41, 5.74) is 0.821. The van der Waals surface area contributed by atoms with Crippen molar-refractivity contribution in [2.75, 3.05) is 19.5 Å². The van der Waals surface area contributed by atoms with E-state index in [0.717, 1.165) is 10.2 Å². The molecule has 3 rings (SSSR count). The van der Waals surface area contributed by atoms with Crippen LogP contribution >= 0.6 is 22.9 Å². The van der Waals surface area contributed by atoms with Crippen LogP contribution in [0.3, 0.4) is 0 Å². The van der Waals surface area contributed by atoms with Crippen molar-refractivity contribution in [2.24, 2.45) is 0 Å². The van der Waals surface area contributed by atoms with Gasteiger partial charge in [-0.15, -0.1) is 11.3 Å². The largest absolute Gasteiger partial charge is 0.495 e. The fraction of sp³-hybridized carbons (Fsp3) is 0.263. The number of methoxy groups -OCH3 is 2. The molecule has 0 aliphatic rings. The van der Waals surface area contributed by atoms with E-state index < -0.39 is 12.0 Å². The highest BCUT2D eigenvalue weighted by Gasteiger charge is 2.27. The molecular weight excluding hydrogens is 388 g/mol. The van der Waals surface area contributed by atoms with Crippen LogP contribution in [0.4, 0.5) is 5.69 Å². The average Bonchev–Trinajstić information content (AvgIpc) is 3.24. The molecule has 0 bridgehead atoms. The van der Waals surface area contributed by atoms with Crippen molar-refractivity contribution in [1.29, 1.82) is 0 Å². The summed E-state index contributed by atoms with van der Waals surface area (Å²) in [7, 11) is 2.85. The zero-order chi connectivity index (χ0) is 19.6. The Bertz CT molecular complexity index is 995. The van der Waals surface area contributed by atoms with Crippen molar-refractivity contribution in [3.05, 3.63) is 46.4 Å². The molecule has 0 saturated carbocycles. The summed E-state index contributed by atoms with van der Waals surface area (Å²) in [6.07, 6.45) is 0.486. The number of nitrogens with zero attached hydrogens (tertiary/aromatic N) is 1. The van der Waals surface area contributed by atoms with Gasteiger partial charge in [-0.2, -0.15) is 0 Å². The Hall–Kier alpha value is -2.51. The summed E-state index contributed by atoms with van der Waals surface area (Å²) in [4.78, 5) is 26.2. The standard InChI is InChI=1S/C19H19ClN2O4S/c1-4-14(17(23)21-13-10-12(20)5-6-16(13)25-2)22-15(19(24)26-3)9-11-7-8-27-18(11)22/h5-10,14H,4H2,1-3H3,(H,21,23). The summed E-state index contributed by atoms with van der Waals surface area (Å²) in [6, 6.07) is 8.05. The van der Waals surface area contributed by atoms with E-state index in [1.165, 1.54) is 25.6 Å². The number of carbonyl (C=O) groups is 2. The first-order valence-corrected chi connectivity index (χ1v) is 9.57. The number of ether oxygens (including phenoxy) is 2. The maximum atomic E-state index is 13.1. The quantitative estimate of drug-likeness (QED) is 0.600. The van der Waals surface area contributed by atoms with Gasteiger partial charge >= 0.3 is 5.97 Å². The van der Waals surface area contributed by atoms with Crippen molar-refractivity contribution in [1.82, 2.24) is 4.57 Å². The molecule has 3 aromatic rings. The normalized spacial score (nSPS) is 12.0. The number of amides is 1. The fourth-order valence-corrected chi connectivity index (χ4v) is 4.11. The number of hydrogen-bond donors (Lipinski definition) is 1. The summed E-state index contributed by atoms with van der Waals surface area (Å²) in [5.74, 6) is -0.247. The highest BCUT2D eigenvalue weighted by molar-refractivity contribution is 7.16. The van der Waals surface area contributed by atoms with Crippen LogP contribution in [-0.4, -0.2) is 30.7 Å². The van der Waals surface area contributed by atoms with Crippen LogP contribution in [0.2, 0.25) is 5.02 Å². The second-order valence-corrected chi connectivity index (χ2v) is 7.16. The number of hydrogen-bond acceptors (Lipinski definition) is 5. The lowest BCUT2D eigenvalue weighted by Gasteiger charge is -2.20. The SMILES string of the molecule is CCC(C(=O)Nc1cc(Cl)ccc1OC)n1c(C(=O)OC)cc2ccsc21. The molecule has 0 spiro atoms. The van der Waals surface area contributed by atoms with Crippen LogP contribution in [0.25, 0.3) is 10.2 Å². The molecule has 142 valence electrons. The zero-order valence-corrected chi connectivity index (χ0v) is 16.7. The van der Waals surface area contributed by atoms with Gasteiger partial charge in [-0.25, -0.2) is 4.79 Å². The molecule has 0 aliphatic carbocycles. The van der Waals surface area contributed by atoms with Gasteiger partial charge in [0, 0.05) is 10.4 Å². The third-order valence-corrected chi connectivity index (χ3v) is 5.42. The van der Waals surface area contributed by atoms with Crippen LogP contribution in [0.1, 0.15) is 29.9 Å². The number of rotatable bonds is 6. The Morgan fingerprint density at radius 2 is 2.04 bits per heavy atom. The van der Waals surface area contributed by atoms with Gasteiger partial charge in [0.1, 0.15) is 22.3 Å². The minimum atomic E-state index is -0.598. The van der Waals surface area contributed by atoms with Crippen molar-refractivity contribution < 1.29 is 19.1 Å². The van der Waals surface area contributed by atoms with Gasteiger partial charge in [-0.3, -0.25) is 4.79 Å². The van der Waals surface area contributed by atoms with Crippen LogP contribution in [0, 0.1) is 0 Å². The Morgan fingerprint density at radius 1 is 1.26 bits per heavy atom. The van der Waals surface area contributed by atoms with Gasteiger partial charge in [0.2, 0.25) is 5.91 Å². The van der Waals surface area contributed by atoms with Crippen LogP contribution in [0.15, 0.2) is 35.7 Å². The molecule has 0 fully saturated rings. The topological polar surface area (TPSA) is 69.6 Å². The van der Waals surface area contributed by atoms with Crippen molar-refractivity contribution in [3.8, 4) is 5.75 Å². The van der Waals surface area contributed by atoms with Crippen molar-refractivity contribution in [2.45, 2.75) is 19.4 Å². The maximum absolute atomic E-state index is 13.1.